The van der Waals surface area contributed by atoms with Crippen LogP contribution in [-0.2, 0) is 6.54 Å². The van der Waals surface area contributed by atoms with E-state index in [1.165, 1.54) is 5.56 Å². The van der Waals surface area contributed by atoms with Crippen molar-refractivity contribution in [1.29, 1.82) is 0 Å². The lowest BCUT2D eigenvalue weighted by Crippen LogP contribution is -2.14. The number of hydrogen-bond acceptors (Lipinski definition) is 3. The molecule has 0 aliphatic rings. The Bertz CT molecular complexity index is 511. The van der Waals surface area contributed by atoms with Gasteiger partial charge in [-0.1, -0.05) is 30.3 Å². The lowest BCUT2D eigenvalue weighted by molar-refractivity contribution is 0.657. The molecule has 0 saturated carbocycles. The zero-order valence-electron chi connectivity index (χ0n) is 10.2. The van der Waals surface area contributed by atoms with E-state index in [-0.39, 0.29) is 0 Å². The molecule has 2 aromatic rings. The highest BCUT2D eigenvalue weighted by atomic mass is 32.1. The van der Waals surface area contributed by atoms with Crippen molar-refractivity contribution < 1.29 is 0 Å². The molecule has 0 aliphatic heterocycles. The summed E-state index contributed by atoms with van der Waals surface area (Å²) in [5, 5.41) is 6.58. The number of thiazole rings is 1. The van der Waals surface area contributed by atoms with Crippen LogP contribution in [0, 0.1) is 12.3 Å². The molecule has 0 bridgehead atoms. The standard InChI is InChI=1S/C15H16N2S/c1-2-3-7-10-16-11-15-17-14(12-18-15)13-8-5-4-6-9-13/h1,4-6,8-9,12,16H,3,7,10-11H2. The van der Waals surface area contributed by atoms with Crippen LogP contribution in [0.15, 0.2) is 35.7 Å². The summed E-state index contributed by atoms with van der Waals surface area (Å²) < 4.78 is 0. The summed E-state index contributed by atoms with van der Waals surface area (Å²) in [5.74, 6) is 2.64. The predicted octanol–water partition coefficient (Wildman–Crippen LogP) is 3.31. The molecule has 1 heterocycles. The van der Waals surface area contributed by atoms with Gasteiger partial charge in [0.2, 0.25) is 0 Å². The molecular weight excluding hydrogens is 240 g/mol. The van der Waals surface area contributed by atoms with Crippen molar-refractivity contribution in [2.75, 3.05) is 6.54 Å². The van der Waals surface area contributed by atoms with Gasteiger partial charge < -0.3 is 5.32 Å². The minimum atomic E-state index is 0.821. The Labute approximate surface area is 112 Å². The van der Waals surface area contributed by atoms with Crippen LogP contribution in [0.4, 0.5) is 0 Å². The topological polar surface area (TPSA) is 24.9 Å². The second-order valence-electron chi connectivity index (χ2n) is 3.98. The highest BCUT2D eigenvalue weighted by molar-refractivity contribution is 7.09. The van der Waals surface area contributed by atoms with Crippen molar-refractivity contribution in [2.45, 2.75) is 19.4 Å². The van der Waals surface area contributed by atoms with E-state index in [0.29, 0.717) is 0 Å². The number of rotatable bonds is 6. The minimum absolute atomic E-state index is 0.821. The lowest BCUT2D eigenvalue weighted by Gasteiger charge is -1.99. The summed E-state index contributed by atoms with van der Waals surface area (Å²) in [7, 11) is 0. The maximum absolute atomic E-state index is 5.20. The molecule has 0 aliphatic carbocycles. The largest absolute Gasteiger partial charge is 0.310 e. The molecule has 0 saturated heterocycles. The zero-order chi connectivity index (χ0) is 12.6. The Morgan fingerprint density at radius 2 is 2.11 bits per heavy atom. The van der Waals surface area contributed by atoms with Gasteiger partial charge in [-0.25, -0.2) is 4.98 Å². The van der Waals surface area contributed by atoms with Crippen molar-refractivity contribution in [3.63, 3.8) is 0 Å². The van der Waals surface area contributed by atoms with Gasteiger partial charge >= 0.3 is 0 Å². The molecule has 92 valence electrons. The molecule has 18 heavy (non-hydrogen) atoms. The number of unbranched alkanes of at least 4 members (excludes halogenated alkanes) is 1. The van der Waals surface area contributed by atoms with Crippen LogP contribution in [0.3, 0.4) is 0 Å². The van der Waals surface area contributed by atoms with Crippen molar-refractivity contribution in [3.8, 4) is 23.6 Å². The maximum Gasteiger partial charge on any atom is 0.107 e. The van der Waals surface area contributed by atoms with Crippen LogP contribution in [-0.4, -0.2) is 11.5 Å². The lowest BCUT2D eigenvalue weighted by atomic mass is 10.2. The number of terminal acetylenes is 1. The average molecular weight is 256 g/mol. The fraction of sp³-hybridized carbons (Fsp3) is 0.267. The number of nitrogens with zero attached hydrogens (tertiary/aromatic N) is 1. The van der Waals surface area contributed by atoms with Crippen LogP contribution < -0.4 is 5.32 Å². The van der Waals surface area contributed by atoms with E-state index in [0.717, 1.165) is 36.6 Å². The van der Waals surface area contributed by atoms with Gasteiger partial charge in [-0.2, -0.15) is 0 Å². The van der Waals surface area contributed by atoms with Crippen LogP contribution in [0.25, 0.3) is 11.3 Å². The minimum Gasteiger partial charge on any atom is -0.310 e. The van der Waals surface area contributed by atoms with Gasteiger partial charge in [0.25, 0.3) is 0 Å². The first-order chi connectivity index (χ1) is 8.90. The molecule has 0 amide bonds. The van der Waals surface area contributed by atoms with Crippen molar-refractivity contribution in [1.82, 2.24) is 10.3 Å². The van der Waals surface area contributed by atoms with Crippen LogP contribution in [0.1, 0.15) is 17.8 Å². The first-order valence-corrected chi connectivity index (χ1v) is 6.92. The summed E-state index contributed by atoms with van der Waals surface area (Å²) in [5.41, 5.74) is 2.23. The van der Waals surface area contributed by atoms with Crippen molar-refractivity contribution in [2.24, 2.45) is 0 Å². The van der Waals surface area contributed by atoms with Crippen LogP contribution in [0.5, 0.6) is 0 Å². The third-order valence-corrected chi connectivity index (χ3v) is 3.42. The Balaban J connectivity index is 1.86. The molecule has 0 spiro atoms. The van der Waals surface area contributed by atoms with Gasteiger partial charge in [-0.15, -0.1) is 23.7 Å². The van der Waals surface area contributed by atoms with E-state index in [2.05, 4.69) is 33.7 Å². The van der Waals surface area contributed by atoms with Gasteiger partial charge in [0, 0.05) is 23.9 Å². The summed E-state index contributed by atoms with van der Waals surface area (Å²) >= 11 is 1.69. The Morgan fingerprint density at radius 1 is 1.28 bits per heavy atom. The number of nitrogens with one attached hydrogen (secondary N) is 1. The summed E-state index contributed by atoms with van der Waals surface area (Å²) in [6.07, 6.45) is 7.06. The Morgan fingerprint density at radius 3 is 2.89 bits per heavy atom. The van der Waals surface area contributed by atoms with Gasteiger partial charge in [0.1, 0.15) is 5.01 Å². The Hall–Kier alpha value is -1.63. The van der Waals surface area contributed by atoms with Crippen LogP contribution >= 0.6 is 11.3 Å². The first kappa shape index (κ1) is 12.8. The highest BCUT2D eigenvalue weighted by Crippen LogP contribution is 2.21. The molecule has 1 aromatic carbocycles. The van der Waals surface area contributed by atoms with E-state index >= 15 is 0 Å². The SMILES string of the molecule is C#CCCCNCc1nc(-c2ccccc2)cs1. The maximum atomic E-state index is 5.20. The summed E-state index contributed by atoms with van der Waals surface area (Å²) in [6, 6.07) is 10.3. The Kier molecular flexibility index (Phi) is 4.95. The predicted molar refractivity (Wildman–Crippen MR) is 77.3 cm³/mol. The average Bonchev–Trinajstić information content (AvgIpc) is 2.88. The first-order valence-electron chi connectivity index (χ1n) is 6.04. The number of benzene rings is 1. The smallest absolute Gasteiger partial charge is 0.107 e. The van der Waals surface area contributed by atoms with Crippen LogP contribution in [0.2, 0.25) is 0 Å². The molecular formula is C15H16N2S. The molecule has 2 rings (SSSR count). The molecule has 1 N–H and O–H groups in total. The van der Waals surface area contributed by atoms with E-state index in [1.807, 2.05) is 18.2 Å². The van der Waals surface area contributed by atoms with Crippen molar-refractivity contribution >= 4 is 11.3 Å². The fourth-order valence-electron chi connectivity index (χ4n) is 1.64. The van der Waals surface area contributed by atoms with E-state index < -0.39 is 0 Å². The van der Waals surface area contributed by atoms with Gasteiger partial charge in [-0.05, 0) is 13.0 Å². The second kappa shape index (κ2) is 6.95. The normalized spacial score (nSPS) is 10.2. The molecule has 0 unspecified atom stereocenters. The molecule has 1 aromatic heterocycles. The van der Waals surface area contributed by atoms with Gasteiger partial charge in [0.15, 0.2) is 0 Å². The molecule has 2 nitrogen and oxygen atoms in total. The molecule has 0 atom stereocenters. The summed E-state index contributed by atoms with van der Waals surface area (Å²) in [4.78, 5) is 4.61. The van der Waals surface area contributed by atoms with Crippen molar-refractivity contribution in [3.05, 3.63) is 40.7 Å². The molecule has 0 radical (unpaired) electrons. The quantitative estimate of drug-likeness (QED) is 0.633. The van der Waals surface area contributed by atoms with E-state index in [1.54, 1.807) is 11.3 Å². The third kappa shape index (κ3) is 3.69. The van der Waals surface area contributed by atoms with Gasteiger partial charge in [0.05, 0.1) is 5.69 Å². The number of aromatic nitrogens is 1. The highest BCUT2D eigenvalue weighted by Gasteiger charge is 2.03. The second-order valence-corrected chi connectivity index (χ2v) is 4.92. The molecule has 3 heteroatoms. The van der Waals surface area contributed by atoms with Gasteiger partial charge in [-0.3, -0.25) is 0 Å². The van der Waals surface area contributed by atoms with E-state index in [9.17, 15) is 0 Å². The third-order valence-electron chi connectivity index (χ3n) is 2.57. The number of hydrogen-bond donors (Lipinski definition) is 1. The van der Waals surface area contributed by atoms with E-state index in [4.69, 9.17) is 6.42 Å². The monoisotopic (exact) mass is 256 g/mol. The fourth-order valence-corrected chi connectivity index (χ4v) is 2.42. The molecule has 0 fully saturated rings. The summed E-state index contributed by atoms with van der Waals surface area (Å²) in [6.45, 7) is 1.77. The zero-order valence-corrected chi connectivity index (χ0v) is 11.0.